The minimum absolute atomic E-state index is 0.540. The van der Waals surface area contributed by atoms with Gasteiger partial charge in [0.2, 0.25) is 0 Å². The lowest BCUT2D eigenvalue weighted by Crippen LogP contribution is -2.01. The Morgan fingerprint density at radius 3 is 3.00 bits per heavy atom. The van der Waals surface area contributed by atoms with Gasteiger partial charge in [-0.05, 0) is 12.8 Å². The lowest BCUT2D eigenvalue weighted by Gasteiger charge is -1.95. The van der Waals surface area contributed by atoms with E-state index in [1.165, 1.54) is 19.2 Å². The topological polar surface area (TPSA) is 47.6 Å². The molecule has 1 saturated carbocycles. The fourth-order valence-electron chi connectivity index (χ4n) is 0.581. The SMILES string of the molecule is NC=NCCOC1CC1. The molecule has 0 atom stereocenters. The summed E-state index contributed by atoms with van der Waals surface area (Å²) in [7, 11) is 0. The van der Waals surface area contributed by atoms with Crippen molar-refractivity contribution in [2.24, 2.45) is 10.7 Å². The van der Waals surface area contributed by atoms with Crippen molar-refractivity contribution in [1.82, 2.24) is 0 Å². The molecule has 0 heterocycles. The molecule has 0 radical (unpaired) electrons. The molecule has 0 amide bonds. The zero-order chi connectivity index (χ0) is 6.53. The molecule has 0 aromatic heterocycles. The van der Waals surface area contributed by atoms with Crippen molar-refractivity contribution >= 4 is 6.34 Å². The van der Waals surface area contributed by atoms with E-state index in [0.29, 0.717) is 12.6 Å². The molecule has 1 rings (SSSR count). The Morgan fingerprint density at radius 1 is 1.67 bits per heavy atom. The second-order valence-corrected chi connectivity index (χ2v) is 2.13. The summed E-state index contributed by atoms with van der Waals surface area (Å²) < 4.78 is 5.29. The molecule has 9 heavy (non-hydrogen) atoms. The van der Waals surface area contributed by atoms with Crippen LogP contribution < -0.4 is 5.73 Å². The lowest BCUT2D eigenvalue weighted by atomic mass is 10.7. The van der Waals surface area contributed by atoms with Crippen LogP contribution in [0.25, 0.3) is 0 Å². The first-order valence-electron chi connectivity index (χ1n) is 3.25. The first kappa shape index (κ1) is 6.55. The average molecular weight is 128 g/mol. The Balaban J connectivity index is 1.81. The Kier molecular flexibility index (Phi) is 2.51. The standard InChI is InChI=1S/C6H12N2O/c7-5-8-3-4-9-6-1-2-6/h5-6H,1-4H2,(H2,7,8). The van der Waals surface area contributed by atoms with Crippen LogP contribution in [0.5, 0.6) is 0 Å². The van der Waals surface area contributed by atoms with E-state index in [1.807, 2.05) is 0 Å². The summed E-state index contributed by atoms with van der Waals surface area (Å²) in [6.45, 7) is 1.42. The minimum Gasteiger partial charge on any atom is -0.390 e. The van der Waals surface area contributed by atoms with Crippen molar-refractivity contribution < 1.29 is 4.74 Å². The zero-order valence-corrected chi connectivity index (χ0v) is 5.42. The van der Waals surface area contributed by atoms with E-state index in [0.717, 1.165) is 6.61 Å². The largest absolute Gasteiger partial charge is 0.390 e. The number of nitrogens with zero attached hydrogens (tertiary/aromatic N) is 1. The van der Waals surface area contributed by atoms with Crippen molar-refractivity contribution in [3.8, 4) is 0 Å². The van der Waals surface area contributed by atoms with Crippen LogP contribution >= 0.6 is 0 Å². The second-order valence-electron chi connectivity index (χ2n) is 2.13. The molecule has 0 aromatic carbocycles. The van der Waals surface area contributed by atoms with E-state index in [9.17, 15) is 0 Å². The predicted octanol–water partition coefficient (Wildman–Crippen LogP) is 0.152. The zero-order valence-electron chi connectivity index (χ0n) is 5.42. The van der Waals surface area contributed by atoms with Crippen molar-refractivity contribution in [3.63, 3.8) is 0 Å². The van der Waals surface area contributed by atoms with E-state index in [2.05, 4.69) is 4.99 Å². The number of nitrogens with two attached hydrogens (primary N) is 1. The van der Waals surface area contributed by atoms with Gasteiger partial charge in [0, 0.05) is 0 Å². The normalized spacial score (nSPS) is 19.1. The third-order valence-corrected chi connectivity index (χ3v) is 1.20. The van der Waals surface area contributed by atoms with Gasteiger partial charge in [0.25, 0.3) is 0 Å². The van der Waals surface area contributed by atoms with Crippen LogP contribution in [-0.2, 0) is 4.74 Å². The maximum absolute atomic E-state index is 5.29. The molecule has 0 bridgehead atoms. The van der Waals surface area contributed by atoms with Gasteiger partial charge in [0.15, 0.2) is 0 Å². The minimum atomic E-state index is 0.540. The van der Waals surface area contributed by atoms with Crippen LogP contribution in [0, 0.1) is 0 Å². The van der Waals surface area contributed by atoms with Gasteiger partial charge < -0.3 is 10.5 Å². The van der Waals surface area contributed by atoms with Crippen molar-refractivity contribution in [2.45, 2.75) is 18.9 Å². The molecule has 0 spiro atoms. The van der Waals surface area contributed by atoms with Gasteiger partial charge in [-0.2, -0.15) is 0 Å². The number of ether oxygens (including phenoxy) is 1. The summed E-state index contributed by atoms with van der Waals surface area (Å²) in [5.41, 5.74) is 5.01. The van der Waals surface area contributed by atoms with Crippen LogP contribution in [0.4, 0.5) is 0 Å². The van der Waals surface area contributed by atoms with Crippen molar-refractivity contribution in [2.75, 3.05) is 13.2 Å². The Bertz CT molecular complexity index is 99.2. The number of rotatable bonds is 4. The van der Waals surface area contributed by atoms with E-state index in [1.54, 1.807) is 0 Å². The summed E-state index contributed by atoms with van der Waals surface area (Å²) in [5.74, 6) is 0. The van der Waals surface area contributed by atoms with E-state index in [-0.39, 0.29) is 0 Å². The number of hydrogen-bond donors (Lipinski definition) is 1. The van der Waals surface area contributed by atoms with Gasteiger partial charge in [0.1, 0.15) is 0 Å². The van der Waals surface area contributed by atoms with Crippen LogP contribution in [0.3, 0.4) is 0 Å². The van der Waals surface area contributed by atoms with E-state index < -0.39 is 0 Å². The number of hydrogen-bond acceptors (Lipinski definition) is 2. The first-order valence-corrected chi connectivity index (χ1v) is 3.25. The van der Waals surface area contributed by atoms with Gasteiger partial charge in [0.05, 0.1) is 25.6 Å². The smallest absolute Gasteiger partial charge is 0.0798 e. The molecule has 0 aliphatic heterocycles. The summed E-state index contributed by atoms with van der Waals surface area (Å²) in [6, 6.07) is 0. The molecular weight excluding hydrogens is 116 g/mol. The highest BCUT2D eigenvalue weighted by Gasteiger charge is 2.21. The van der Waals surface area contributed by atoms with Crippen LogP contribution in [0.2, 0.25) is 0 Å². The van der Waals surface area contributed by atoms with Gasteiger partial charge >= 0.3 is 0 Å². The fraction of sp³-hybridized carbons (Fsp3) is 0.833. The van der Waals surface area contributed by atoms with Gasteiger partial charge in [-0.15, -0.1) is 0 Å². The molecule has 1 fully saturated rings. The molecule has 2 N–H and O–H groups in total. The fourth-order valence-corrected chi connectivity index (χ4v) is 0.581. The molecule has 3 heteroatoms. The molecule has 0 unspecified atom stereocenters. The molecule has 1 aliphatic rings. The Hall–Kier alpha value is -0.570. The summed E-state index contributed by atoms with van der Waals surface area (Å²) in [6.07, 6.45) is 4.31. The lowest BCUT2D eigenvalue weighted by molar-refractivity contribution is 0.127. The highest BCUT2D eigenvalue weighted by molar-refractivity contribution is 5.50. The molecule has 0 saturated heterocycles. The van der Waals surface area contributed by atoms with Gasteiger partial charge in [-0.1, -0.05) is 0 Å². The van der Waals surface area contributed by atoms with Crippen molar-refractivity contribution in [3.05, 3.63) is 0 Å². The number of aliphatic imine (C=N–C) groups is 1. The van der Waals surface area contributed by atoms with Crippen molar-refractivity contribution in [1.29, 1.82) is 0 Å². The van der Waals surface area contributed by atoms with Crippen LogP contribution in [0.15, 0.2) is 4.99 Å². The highest BCUT2D eigenvalue weighted by atomic mass is 16.5. The highest BCUT2D eigenvalue weighted by Crippen LogP contribution is 2.22. The quantitative estimate of drug-likeness (QED) is 0.333. The Labute approximate surface area is 54.9 Å². The van der Waals surface area contributed by atoms with Crippen LogP contribution in [0.1, 0.15) is 12.8 Å². The third-order valence-electron chi connectivity index (χ3n) is 1.20. The predicted molar refractivity (Wildman–Crippen MR) is 36.5 cm³/mol. The summed E-state index contributed by atoms with van der Waals surface area (Å²) in [5, 5.41) is 0. The molecule has 1 aliphatic carbocycles. The summed E-state index contributed by atoms with van der Waals surface area (Å²) >= 11 is 0. The molecule has 3 nitrogen and oxygen atoms in total. The maximum Gasteiger partial charge on any atom is 0.0798 e. The second kappa shape index (κ2) is 3.45. The maximum atomic E-state index is 5.29. The van der Waals surface area contributed by atoms with E-state index in [4.69, 9.17) is 10.5 Å². The molecular formula is C6H12N2O. The first-order chi connectivity index (χ1) is 4.43. The molecule has 0 aromatic rings. The summed E-state index contributed by atoms with van der Waals surface area (Å²) in [4.78, 5) is 3.80. The third kappa shape index (κ3) is 3.08. The Morgan fingerprint density at radius 2 is 2.44 bits per heavy atom. The molecule has 52 valence electrons. The van der Waals surface area contributed by atoms with Gasteiger partial charge in [-0.3, -0.25) is 4.99 Å². The van der Waals surface area contributed by atoms with Crippen LogP contribution in [-0.4, -0.2) is 25.6 Å². The van der Waals surface area contributed by atoms with E-state index >= 15 is 0 Å². The average Bonchev–Trinajstić information content (AvgIpc) is 2.63. The monoisotopic (exact) mass is 128 g/mol. The van der Waals surface area contributed by atoms with Gasteiger partial charge in [-0.25, -0.2) is 0 Å².